The predicted octanol–water partition coefficient (Wildman–Crippen LogP) is 2.13. The molecule has 0 saturated carbocycles. The van der Waals surface area contributed by atoms with Crippen molar-refractivity contribution in [2.75, 3.05) is 6.54 Å². The summed E-state index contributed by atoms with van der Waals surface area (Å²) in [4.78, 5) is 4.52. The minimum Gasteiger partial charge on any atom is -0.375 e. The highest BCUT2D eigenvalue weighted by Gasteiger charge is 2.43. The van der Waals surface area contributed by atoms with Crippen LogP contribution in [0.2, 0.25) is 0 Å². The first-order chi connectivity index (χ1) is 8.56. The van der Waals surface area contributed by atoms with Crippen molar-refractivity contribution in [3.05, 3.63) is 18.2 Å². The van der Waals surface area contributed by atoms with E-state index in [1.807, 2.05) is 12.4 Å². The molecule has 0 aromatic carbocycles. The average Bonchev–Trinajstić information content (AvgIpc) is 2.83. The highest BCUT2D eigenvalue weighted by molar-refractivity contribution is 5.05. The summed E-state index contributed by atoms with van der Waals surface area (Å²) in [5, 5.41) is 3.59. The van der Waals surface area contributed by atoms with Crippen LogP contribution >= 0.6 is 0 Å². The molecule has 0 bridgehead atoms. The third kappa shape index (κ3) is 2.31. The Labute approximate surface area is 110 Å². The molecule has 2 heterocycles. The molecule has 0 spiro atoms. The van der Waals surface area contributed by atoms with Gasteiger partial charge in [0.1, 0.15) is 5.82 Å². The van der Waals surface area contributed by atoms with E-state index in [0.29, 0.717) is 17.9 Å². The normalized spacial score (nSPS) is 33.8. The fourth-order valence-electron chi connectivity index (χ4n) is 3.16. The molecule has 4 heteroatoms. The fraction of sp³-hybridized carbons (Fsp3) is 0.786. The van der Waals surface area contributed by atoms with Crippen molar-refractivity contribution >= 4 is 0 Å². The molecular weight excluding hydrogens is 226 g/mol. The molecule has 1 fully saturated rings. The van der Waals surface area contributed by atoms with Gasteiger partial charge in [-0.15, -0.1) is 0 Å². The van der Waals surface area contributed by atoms with Crippen LogP contribution in [-0.2, 0) is 11.8 Å². The molecule has 1 aromatic heterocycles. The number of hydrogen-bond donors (Lipinski definition) is 1. The lowest BCUT2D eigenvalue weighted by atomic mass is 9.83. The standard InChI is InChI=1S/C14H25N3O/c1-6-15-13(14-16-7-8-17(14)5)12-9(2)10(3)18-11(12)4/h7-13,15H,6H2,1-5H3. The maximum absolute atomic E-state index is 5.97. The number of rotatable bonds is 4. The lowest BCUT2D eigenvalue weighted by Crippen LogP contribution is -2.36. The van der Waals surface area contributed by atoms with Gasteiger partial charge < -0.3 is 14.6 Å². The topological polar surface area (TPSA) is 39.1 Å². The third-order valence-electron chi connectivity index (χ3n) is 4.26. The smallest absolute Gasteiger partial charge is 0.125 e. The second-order valence-corrected chi connectivity index (χ2v) is 5.41. The van der Waals surface area contributed by atoms with E-state index >= 15 is 0 Å². The van der Waals surface area contributed by atoms with Crippen LogP contribution in [0.15, 0.2) is 12.4 Å². The number of nitrogens with one attached hydrogen (secondary N) is 1. The van der Waals surface area contributed by atoms with E-state index in [9.17, 15) is 0 Å². The van der Waals surface area contributed by atoms with Crippen LogP contribution in [0.4, 0.5) is 0 Å². The molecule has 1 N–H and O–H groups in total. The number of hydrogen-bond acceptors (Lipinski definition) is 3. The predicted molar refractivity (Wildman–Crippen MR) is 72.3 cm³/mol. The van der Waals surface area contributed by atoms with Gasteiger partial charge in [-0.05, 0) is 26.3 Å². The Morgan fingerprint density at radius 3 is 2.56 bits per heavy atom. The van der Waals surface area contributed by atoms with Crippen LogP contribution in [0.25, 0.3) is 0 Å². The average molecular weight is 251 g/mol. The van der Waals surface area contributed by atoms with Gasteiger partial charge >= 0.3 is 0 Å². The summed E-state index contributed by atoms with van der Waals surface area (Å²) < 4.78 is 8.08. The maximum Gasteiger partial charge on any atom is 0.125 e. The maximum atomic E-state index is 5.97. The molecule has 0 amide bonds. The number of imidazole rings is 1. The summed E-state index contributed by atoms with van der Waals surface area (Å²) in [6, 6.07) is 0.268. The van der Waals surface area contributed by atoms with Crippen molar-refractivity contribution in [1.82, 2.24) is 14.9 Å². The number of nitrogens with zero attached hydrogens (tertiary/aromatic N) is 2. The molecule has 5 atom stereocenters. The van der Waals surface area contributed by atoms with Gasteiger partial charge in [0.2, 0.25) is 0 Å². The van der Waals surface area contributed by atoms with Crippen LogP contribution in [0.1, 0.15) is 39.6 Å². The molecule has 5 unspecified atom stereocenters. The first-order valence-electron chi connectivity index (χ1n) is 6.92. The zero-order valence-corrected chi connectivity index (χ0v) is 12.1. The van der Waals surface area contributed by atoms with E-state index in [0.717, 1.165) is 12.4 Å². The second kappa shape index (κ2) is 5.41. The molecule has 1 aliphatic rings. The molecule has 1 aromatic rings. The summed E-state index contributed by atoms with van der Waals surface area (Å²) in [7, 11) is 2.06. The van der Waals surface area contributed by atoms with Crippen molar-refractivity contribution in [2.24, 2.45) is 18.9 Å². The molecule has 18 heavy (non-hydrogen) atoms. The molecule has 4 nitrogen and oxygen atoms in total. The van der Waals surface area contributed by atoms with Crippen molar-refractivity contribution in [3.63, 3.8) is 0 Å². The summed E-state index contributed by atoms with van der Waals surface area (Å²) in [6.45, 7) is 9.72. The Bertz CT molecular complexity index is 390. The summed E-state index contributed by atoms with van der Waals surface area (Å²) in [5.41, 5.74) is 0. The summed E-state index contributed by atoms with van der Waals surface area (Å²) in [6.07, 6.45) is 4.48. The van der Waals surface area contributed by atoms with Gasteiger partial charge in [0.05, 0.1) is 18.2 Å². The van der Waals surface area contributed by atoms with Gasteiger partial charge in [-0.3, -0.25) is 0 Å². The molecule has 1 aliphatic heterocycles. The van der Waals surface area contributed by atoms with Gasteiger partial charge in [-0.2, -0.15) is 0 Å². The van der Waals surface area contributed by atoms with Crippen molar-refractivity contribution in [2.45, 2.75) is 45.9 Å². The lowest BCUT2D eigenvalue weighted by molar-refractivity contribution is 0.0471. The van der Waals surface area contributed by atoms with Gasteiger partial charge in [0.25, 0.3) is 0 Å². The Morgan fingerprint density at radius 2 is 2.11 bits per heavy atom. The van der Waals surface area contributed by atoms with Gasteiger partial charge in [0, 0.05) is 25.4 Å². The summed E-state index contributed by atoms with van der Waals surface area (Å²) in [5.74, 6) is 2.13. The van der Waals surface area contributed by atoms with Gasteiger partial charge in [-0.25, -0.2) is 4.98 Å². The van der Waals surface area contributed by atoms with Crippen molar-refractivity contribution < 1.29 is 4.74 Å². The van der Waals surface area contributed by atoms with E-state index in [1.54, 1.807) is 0 Å². The SMILES string of the molecule is CCNC(c1nccn1C)C1C(C)OC(C)C1C. The molecule has 102 valence electrons. The van der Waals surface area contributed by atoms with Gasteiger partial charge in [0.15, 0.2) is 0 Å². The Morgan fingerprint density at radius 1 is 1.39 bits per heavy atom. The first kappa shape index (κ1) is 13.6. The van der Waals surface area contributed by atoms with Crippen molar-refractivity contribution in [3.8, 4) is 0 Å². The van der Waals surface area contributed by atoms with Crippen LogP contribution in [0.3, 0.4) is 0 Å². The third-order valence-corrected chi connectivity index (χ3v) is 4.26. The minimum atomic E-state index is 0.268. The Balaban J connectivity index is 2.28. The molecule has 2 rings (SSSR count). The Kier molecular flexibility index (Phi) is 4.07. The first-order valence-corrected chi connectivity index (χ1v) is 6.92. The number of ether oxygens (including phenoxy) is 1. The molecule has 0 radical (unpaired) electrons. The number of aryl methyl sites for hydroxylation is 1. The van der Waals surface area contributed by atoms with Crippen LogP contribution in [0, 0.1) is 11.8 Å². The second-order valence-electron chi connectivity index (χ2n) is 5.41. The van der Waals surface area contributed by atoms with E-state index in [4.69, 9.17) is 4.74 Å². The van der Waals surface area contributed by atoms with Crippen molar-refractivity contribution in [1.29, 1.82) is 0 Å². The van der Waals surface area contributed by atoms with Crippen LogP contribution < -0.4 is 5.32 Å². The molecular formula is C14H25N3O. The number of aromatic nitrogens is 2. The molecule has 0 aliphatic carbocycles. The minimum absolute atomic E-state index is 0.268. The fourth-order valence-corrected chi connectivity index (χ4v) is 3.16. The zero-order valence-electron chi connectivity index (χ0n) is 12.1. The van der Waals surface area contributed by atoms with E-state index in [-0.39, 0.29) is 12.1 Å². The zero-order chi connectivity index (χ0) is 13.3. The highest BCUT2D eigenvalue weighted by atomic mass is 16.5. The Hall–Kier alpha value is -0.870. The highest BCUT2D eigenvalue weighted by Crippen LogP contribution is 2.39. The van der Waals surface area contributed by atoms with E-state index in [2.05, 4.69) is 49.6 Å². The van der Waals surface area contributed by atoms with E-state index < -0.39 is 0 Å². The quantitative estimate of drug-likeness (QED) is 0.891. The van der Waals surface area contributed by atoms with Gasteiger partial charge in [-0.1, -0.05) is 13.8 Å². The molecule has 1 saturated heterocycles. The largest absolute Gasteiger partial charge is 0.375 e. The lowest BCUT2D eigenvalue weighted by Gasteiger charge is -2.29. The van der Waals surface area contributed by atoms with Crippen LogP contribution in [-0.4, -0.2) is 28.3 Å². The van der Waals surface area contributed by atoms with Crippen LogP contribution in [0.5, 0.6) is 0 Å². The monoisotopic (exact) mass is 251 g/mol. The van der Waals surface area contributed by atoms with E-state index in [1.165, 1.54) is 0 Å². The summed E-state index contributed by atoms with van der Waals surface area (Å²) >= 11 is 0.